The highest BCUT2D eigenvalue weighted by molar-refractivity contribution is 5.93. The first-order valence-corrected chi connectivity index (χ1v) is 7.25. The van der Waals surface area contributed by atoms with Crippen molar-refractivity contribution in [2.24, 2.45) is 5.92 Å². The van der Waals surface area contributed by atoms with E-state index >= 15 is 0 Å². The molecule has 5 nitrogen and oxygen atoms in total. The Kier molecular flexibility index (Phi) is 4.01. The molecule has 0 bridgehead atoms. The number of hydrogen-bond donors (Lipinski definition) is 2. The maximum absolute atomic E-state index is 12.0. The molecule has 0 radical (unpaired) electrons. The largest absolute Gasteiger partial charge is 0.423 e. The van der Waals surface area contributed by atoms with Gasteiger partial charge in [0.25, 0.3) is 0 Å². The first kappa shape index (κ1) is 13.8. The number of carbonyl (C=O) groups is 1. The average Bonchev–Trinajstić information content (AvgIpc) is 2.99. The fourth-order valence-electron chi connectivity index (χ4n) is 2.67. The Labute approximate surface area is 122 Å². The number of amides is 1. The molecule has 1 fully saturated rings. The first-order chi connectivity index (χ1) is 10.2. The zero-order valence-electron chi connectivity index (χ0n) is 11.7. The van der Waals surface area contributed by atoms with Crippen molar-refractivity contribution < 1.29 is 9.21 Å². The third-order valence-corrected chi connectivity index (χ3v) is 3.85. The van der Waals surface area contributed by atoms with Crippen LogP contribution in [0.1, 0.15) is 19.3 Å². The van der Waals surface area contributed by atoms with Gasteiger partial charge in [-0.05, 0) is 56.1 Å². The van der Waals surface area contributed by atoms with Crippen molar-refractivity contribution in [1.29, 1.82) is 0 Å². The van der Waals surface area contributed by atoms with Crippen molar-refractivity contribution in [3.63, 3.8) is 0 Å². The fourth-order valence-corrected chi connectivity index (χ4v) is 2.67. The minimum Gasteiger partial charge on any atom is -0.423 e. The monoisotopic (exact) mass is 286 g/mol. The number of nitrogens with one attached hydrogen (secondary N) is 2. The van der Waals surface area contributed by atoms with Crippen LogP contribution in [0.3, 0.4) is 0 Å². The summed E-state index contributed by atoms with van der Waals surface area (Å²) in [6.45, 7) is 2.07. The minimum absolute atomic E-state index is 0.0265. The van der Waals surface area contributed by atoms with Gasteiger partial charge in [-0.3, -0.25) is 4.79 Å². The topological polar surface area (TPSA) is 71.3 Å². The van der Waals surface area contributed by atoms with Crippen LogP contribution in [-0.2, 0) is 4.79 Å². The number of hydrogen-bond acceptors (Lipinski definition) is 4. The van der Waals surface area contributed by atoms with E-state index in [1.807, 2.05) is 6.07 Å². The lowest BCUT2D eigenvalue weighted by Gasteiger charge is -2.09. The summed E-state index contributed by atoms with van der Waals surface area (Å²) >= 11 is 0. The summed E-state index contributed by atoms with van der Waals surface area (Å²) in [4.78, 5) is 23.1. The predicted octanol–water partition coefficient (Wildman–Crippen LogP) is 2.12. The van der Waals surface area contributed by atoms with E-state index in [0.717, 1.165) is 37.0 Å². The Hall–Kier alpha value is -2.14. The van der Waals surface area contributed by atoms with Crippen LogP contribution in [0.4, 0.5) is 5.69 Å². The van der Waals surface area contributed by atoms with E-state index in [-0.39, 0.29) is 11.5 Å². The molecule has 3 rings (SSSR count). The predicted molar refractivity (Wildman–Crippen MR) is 81.3 cm³/mol. The number of fused-ring (bicyclic) bond motifs is 1. The second kappa shape index (κ2) is 6.10. The van der Waals surface area contributed by atoms with Crippen LogP contribution >= 0.6 is 0 Å². The van der Waals surface area contributed by atoms with Crippen LogP contribution in [0.15, 0.2) is 39.5 Å². The Morgan fingerprint density at radius 1 is 1.33 bits per heavy atom. The molecule has 0 saturated carbocycles. The smallest absolute Gasteiger partial charge is 0.336 e. The van der Waals surface area contributed by atoms with Crippen molar-refractivity contribution in [2.75, 3.05) is 18.4 Å². The summed E-state index contributed by atoms with van der Waals surface area (Å²) < 4.78 is 5.06. The zero-order valence-corrected chi connectivity index (χ0v) is 11.7. The molecule has 1 atom stereocenters. The number of rotatable bonds is 4. The van der Waals surface area contributed by atoms with Gasteiger partial charge in [0.2, 0.25) is 5.91 Å². The van der Waals surface area contributed by atoms with Crippen LogP contribution in [0.25, 0.3) is 11.0 Å². The second-order valence-corrected chi connectivity index (χ2v) is 5.45. The van der Waals surface area contributed by atoms with Gasteiger partial charge in [-0.15, -0.1) is 0 Å². The lowest BCUT2D eigenvalue weighted by Crippen LogP contribution is -2.15. The normalized spacial score (nSPS) is 18.0. The molecule has 2 aromatic rings. The van der Waals surface area contributed by atoms with E-state index in [0.29, 0.717) is 17.9 Å². The van der Waals surface area contributed by atoms with Gasteiger partial charge in [-0.2, -0.15) is 0 Å². The van der Waals surface area contributed by atoms with E-state index < -0.39 is 0 Å². The van der Waals surface area contributed by atoms with Crippen molar-refractivity contribution in [3.05, 3.63) is 40.8 Å². The quantitative estimate of drug-likeness (QED) is 0.845. The summed E-state index contributed by atoms with van der Waals surface area (Å²) in [5, 5.41) is 6.99. The third kappa shape index (κ3) is 3.49. The molecule has 1 saturated heterocycles. The van der Waals surface area contributed by atoms with Gasteiger partial charge in [-0.1, -0.05) is 0 Å². The molecule has 1 aliphatic heterocycles. The highest BCUT2D eigenvalue weighted by Crippen LogP contribution is 2.19. The molecule has 0 spiro atoms. The Morgan fingerprint density at radius 2 is 2.24 bits per heavy atom. The van der Waals surface area contributed by atoms with Crippen LogP contribution in [0, 0.1) is 5.92 Å². The van der Waals surface area contributed by atoms with Gasteiger partial charge in [0.15, 0.2) is 0 Å². The highest BCUT2D eigenvalue weighted by atomic mass is 16.4. The molecule has 21 heavy (non-hydrogen) atoms. The van der Waals surface area contributed by atoms with E-state index in [9.17, 15) is 9.59 Å². The molecule has 1 aromatic heterocycles. The van der Waals surface area contributed by atoms with Crippen LogP contribution in [0.2, 0.25) is 0 Å². The second-order valence-electron chi connectivity index (χ2n) is 5.45. The molecule has 2 heterocycles. The van der Waals surface area contributed by atoms with Gasteiger partial charge in [-0.25, -0.2) is 4.79 Å². The average molecular weight is 286 g/mol. The van der Waals surface area contributed by atoms with Crippen molar-refractivity contribution in [2.45, 2.75) is 19.3 Å². The van der Waals surface area contributed by atoms with E-state index in [1.165, 1.54) is 6.07 Å². The lowest BCUT2D eigenvalue weighted by atomic mass is 10.0. The van der Waals surface area contributed by atoms with Gasteiger partial charge >= 0.3 is 5.63 Å². The van der Waals surface area contributed by atoms with E-state index in [2.05, 4.69) is 10.6 Å². The Bertz CT molecular complexity index is 702. The minimum atomic E-state index is -0.371. The first-order valence-electron chi connectivity index (χ1n) is 7.25. The molecule has 2 N–H and O–H groups in total. The summed E-state index contributed by atoms with van der Waals surface area (Å²) in [5.74, 6) is 0.639. The molecule has 110 valence electrons. The molecule has 0 aliphatic carbocycles. The van der Waals surface area contributed by atoms with Crippen LogP contribution < -0.4 is 16.3 Å². The summed E-state index contributed by atoms with van der Waals surface area (Å²) in [5.41, 5.74) is 0.882. The molecular weight excluding hydrogens is 268 g/mol. The maximum atomic E-state index is 12.0. The van der Waals surface area contributed by atoms with Crippen LogP contribution in [-0.4, -0.2) is 19.0 Å². The standard InChI is InChI=1S/C16H18N2O3/c19-15(5-1-11-7-8-17-10-11)18-13-3-4-14-12(9-13)2-6-16(20)21-14/h2-4,6,9,11,17H,1,5,7-8,10H2,(H,18,19). The number of carbonyl (C=O) groups excluding carboxylic acids is 1. The SMILES string of the molecule is O=C(CCC1CCNC1)Nc1ccc2oc(=O)ccc2c1. The summed E-state index contributed by atoms with van der Waals surface area (Å²) in [6, 6.07) is 8.34. The molecule has 5 heteroatoms. The number of benzene rings is 1. The molecule has 1 amide bonds. The molecule has 1 aromatic carbocycles. The van der Waals surface area contributed by atoms with Gasteiger partial charge < -0.3 is 15.1 Å². The molecule has 1 aliphatic rings. The lowest BCUT2D eigenvalue weighted by molar-refractivity contribution is -0.116. The highest BCUT2D eigenvalue weighted by Gasteiger charge is 2.15. The molecular formula is C16H18N2O3. The molecule has 1 unspecified atom stereocenters. The third-order valence-electron chi connectivity index (χ3n) is 3.85. The Morgan fingerprint density at radius 3 is 3.05 bits per heavy atom. The van der Waals surface area contributed by atoms with E-state index in [1.54, 1.807) is 18.2 Å². The summed E-state index contributed by atoms with van der Waals surface area (Å²) in [6.07, 6.45) is 2.61. The van der Waals surface area contributed by atoms with Gasteiger partial charge in [0.05, 0.1) is 0 Å². The fraction of sp³-hybridized carbons (Fsp3) is 0.375. The van der Waals surface area contributed by atoms with Gasteiger partial charge in [0.1, 0.15) is 5.58 Å². The van der Waals surface area contributed by atoms with Crippen molar-refractivity contribution in [3.8, 4) is 0 Å². The van der Waals surface area contributed by atoms with E-state index in [4.69, 9.17) is 4.42 Å². The Balaban J connectivity index is 1.62. The number of anilines is 1. The van der Waals surface area contributed by atoms with Crippen molar-refractivity contribution in [1.82, 2.24) is 5.32 Å². The van der Waals surface area contributed by atoms with Crippen LogP contribution in [0.5, 0.6) is 0 Å². The van der Waals surface area contributed by atoms with Gasteiger partial charge in [0, 0.05) is 23.6 Å². The maximum Gasteiger partial charge on any atom is 0.336 e. The van der Waals surface area contributed by atoms with Crippen molar-refractivity contribution >= 4 is 22.6 Å². The zero-order chi connectivity index (χ0) is 14.7. The summed E-state index contributed by atoms with van der Waals surface area (Å²) in [7, 11) is 0.